The van der Waals surface area contributed by atoms with Crippen LogP contribution in [-0.4, -0.2) is 46.7 Å². The molecule has 7 heteroatoms. The lowest BCUT2D eigenvalue weighted by Gasteiger charge is -2.38. The number of ether oxygens (including phenoxy) is 1. The number of benzene rings is 3. The average molecular weight is 474 g/mol. The number of rotatable bonds is 5. The Kier molecular flexibility index (Phi) is 5.87. The molecule has 0 bridgehead atoms. The zero-order valence-corrected chi connectivity index (χ0v) is 20.1. The third-order valence-electron chi connectivity index (χ3n) is 6.36. The molecule has 1 aliphatic rings. The normalized spacial score (nSPS) is 14.4. The van der Waals surface area contributed by atoms with E-state index in [0.29, 0.717) is 13.1 Å². The van der Waals surface area contributed by atoms with Gasteiger partial charge in [0.15, 0.2) is 0 Å². The van der Waals surface area contributed by atoms with Crippen LogP contribution in [0.3, 0.4) is 0 Å². The van der Waals surface area contributed by atoms with Gasteiger partial charge in [0, 0.05) is 37.8 Å². The van der Waals surface area contributed by atoms with Crippen LogP contribution in [0.15, 0.2) is 88.8 Å². The molecule has 0 saturated carbocycles. The molecular formula is C27H27N3O3S. The second-order valence-corrected chi connectivity index (χ2v) is 10.4. The molecule has 0 unspecified atom stereocenters. The van der Waals surface area contributed by atoms with Crippen LogP contribution in [-0.2, 0) is 9.84 Å². The maximum Gasteiger partial charge on any atom is 0.210 e. The summed E-state index contributed by atoms with van der Waals surface area (Å²) in [6.07, 6.45) is 1.51. The van der Waals surface area contributed by atoms with E-state index in [0.717, 1.165) is 46.7 Å². The van der Waals surface area contributed by atoms with Gasteiger partial charge in [-0.1, -0.05) is 48.0 Å². The van der Waals surface area contributed by atoms with Crippen LogP contribution >= 0.6 is 0 Å². The Morgan fingerprint density at radius 2 is 1.47 bits per heavy atom. The molecule has 0 amide bonds. The lowest BCUT2D eigenvalue weighted by Crippen LogP contribution is -2.47. The van der Waals surface area contributed by atoms with Gasteiger partial charge in [0.25, 0.3) is 0 Å². The number of anilines is 2. The Morgan fingerprint density at radius 1 is 0.824 bits per heavy atom. The van der Waals surface area contributed by atoms with Crippen LogP contribution < -0.4 is 14.5 Å². The van der Waals surface area contributed by atoms with Gasteiger partial charge in [0.2, 0.25) is 9.84 Å². The number of sulfone groups is 1. The first kappa shape index (κ1) is 22.2. The molecule has 34 heavy (non-hydrogen) atoms. The summed E-state index contributed by atoms with van der Waals surface area (Å²) in [5.74, 6) is 0.841. The van der Waals surface area contributed by atoms with Crippen molar-refractivity contribution < 1.29 is 13.2 Å². The maximum atomic E-state index is 13.7. The smallest absolute Gasteiger partial charge is 0.210 e. The fourth-order valence-corrected chi connectivity index (χ4v) is 5.97. The number of aryl methyl sites for hydroxylation is 1. The number of methoxy groups -OCH3 is 1. The minimum absolute atomic E-state index is 0.251. The molecule has 0 aliphatic carbocycles. The average Bonchev–Trinajstić information content (AvgIpc) is 2.88. The van der Waals surface area contributed by atoms with E-state index in [2.05, 4.69) is 20.9 Å². The zero-order valence-electron chi connectivity index (χ0n) is 19.3. The van der Waals surface area contributed by atoms with E-state index in [4.69, 9.17) is 4.74 Å². The van der Waals surface area contributed by atoms with Crippen molar-refractivity contribution in [3.63, 3.8) is 0 Å². The van der Waals surface area contributed by atoms with Crippen molar-refractivity contribution in [1.29, 1.82) is 0 Å². The number of hydrogen-bond acceptors (Lipinski definition) is 6. The largest absolute Gasteiger partial charge is 0.495 e. The number of nitrogens with zero attached hydrogens (tertiary/aromatic N) is 3. The summed E-state index contributed by atoms with van der Waals surface area (Å²) in [4.78, 5) is 9.49. The fraction of sp³-hybridized carbons (Fsp3) is 0.222. The summed E-state index contributed by atoms with van der Waals surface area (Å²) in [6.45, 7) is 4.81. The van der Waals surface area contributed by atoms with E-state index in [1.165, 1.54) is 6.20 Å². The van der Waals surface area contributed by atoms with Crippen LogP contribution in [0.25, 0.3) is 10.9 Å². The first-order valence-corrected chi connectivity index (χ1v) is 12.8. The Bertz CT molecular complexity index is 1430. The fourth-order valence-electron chi connectivity index (χ4n) is 4.54. The molecule has 1 fully saturated rings. The number of para-hydroxylation sites is 3. The molecule has 0 N–H and O–H groups in total. The quantitative estimate of drug-likeness (QED) is 0.418. The SMILES string of the molecule is COc1ccccc1N1CCN(c2c(S(=O)(=O)c3ccc(C)cc3)cnc3ccccc23)CC1. The Morgan fingerprint density at radius 3 is 2.21 bits per heavy atom. The molecule has 3 aromatic carbocycles. The number of piperazine rings is 1. The molecule has 0 spiro atoms. The lowest BCUT2D eigenvalue weighted by atomic mass is 10.1. The van der Waals surface area contributed by atoms with Crippen LogP contribution in [0.4, 0.5) is 11.4 Å². The van der Waals surface area contributed by atoms with Gasteiger partial charge in [-0.2, -0.15) is 0 Å². The molecule has 4 aromatic rings. The highest BCUT2D eigenvalue weighted by Gasteiger charge is 2.29. The number of pyridine rings is 1. The predicted molar refractivity (Wildman–Crippen MR) is 136 cm³/mol. The van der Waals surface area contributed by atoms with Crippen molar-refractivity contribution in [2.45, 2.75) is 16.7 Å². The van der Waals surface area contributed by atoms with Gasteiger partial charge < -0.3 is 14.5 Å². The zero-order chi connectivity index (χ0) is 23.7. The van der Waals surface area contributed by atoms with Crippen LogP contribution in [0, 0.1) is 6.92 Å². The maximum absolute atomic E-state index is 13.7. The molecule has 1 saturated heterocycles. The summed E-state index contributed by atoms with van der Waals surface area (Å²) in [5.41, 5.74) is 3.58. The third-order valence-corrected chi connectivity index (χ3v) is 8.13. The summed E-state index contributed by atoms with van der Waals surface area (Å²) >= 11 is 0. The van der Waals surface area contributed by atoms with E-state index in [1.54, 1.807) is 19.2 Å². The second kappa shape index (κ2) is 8.99. The molecule has 0 atom stereocenters. The molecule has 2 heterocycles. The van der Waals surface area contributed by atoms with E-state index < -0.39 is 9.84 Å². The Hall–Kier alpha value is -3.58. The van der Waals surface area contributed by atoms with Gasteiger partial charge in [0.05, 0.1) is 28.9 Å². The van der Waals surface area contributed by atoms with Crippen LogP contribution in [0.5, 0.6) is 5.75 Å². The summed E-state index contributed by atoms with van der Waals surface area (Å²) < 4.78 is 33.0. The van der Waals surface area contributed by atoms with Crippen LogP contribution in [0.1, 0.15) is 5.56 Å². The van der Waals surface area contributed by atoms with Gasteiger partial charge >= 0.3 is 0 Å². The number of fused-ring (bicyclic) bond motifs is 1. The molecule has 1 aromatic heterocycles. The van der Waals surface area contributed by atoms with Gasteiger partial charge in [-0.05, 0) is 37.3 Å². The molecular weight excluding hydrogens is 446 g/mol. The van der Waals surface area contributed by atoms with E-state index >= 15 is 0 Å². The highest BCUT2D eigenvalue weighted by molar-refractivity contribution is 7.91. The number of hydrogen-bond donors (Lipinski definition) is 0. The van der Waals surface area contributed by atoms with E-state index in [-0.39, 0.29) is 9.79 Å². The van der Waals surface area contributed by atoms with E-state index in [9.17, 15) is 8.42 Å². The van der Waals surface area contributed by atoms with Gasteiger partial charge in [0.1, 0.15) is 10.6 Å². The Labute approximate surface area is 200 Å². The van der Waals surface area contributed by atoms with E-state index in [1.807, 2.05) is 61.5 Å². The topological polar surface area (TPSA) is 62.7 Å². The highest BCUT2D eigenvalue weighted by Crippen LogP contribution is 2.37. The molecule has 5 rings (SSSR count). The van der Waals surface area contributed by atoms with Gasteiger partial charge in [-0.25, -0.2) is 8.42 Å². The van der Waals surface area contributed by atoms with Crippen molar-refractivity contribution in [3.05, 3.63) is 84.6 Å². The summed E-state index contributed by atoms with van der Waals surface area (Å²) in [5, 5.41) is 0.849. The monoisotopic (exact) mass is 473 g/mol. The molecule has 6 nitrogen and oxygen atoms in total. The van der Waals surface area contributed by atoms with Crippen molar-refractivity contribution >= 4 is 32.1 Å². The molecule has 0 radical (unpaired) electrons. The third kappa shape index (κ3) is 3.96. The first-order chi connectivity index (χ1) is 16.5. The van der Waals surface area contributed by atoms with Crippen molar-refractivity contribution in [2.24, 2.45) is 0 Å². The first-order valence-electron chi connectivity index (χ1n) is 11.3. The van der Waals surface area contributed by atoms with Crippen molar-refractivity contribution in [3.8, 4) is 5.75 Å². The summed E-state index contributed by atoms with van der Waals surface area (Å²) in [7, 11) is -2.06. The van der Waals surface area contributed by atoms with Gasteiger partial charge in [-0.3, -0.25) is 4.98 Å². The summed E-state index contributed by atoms with van der Waals surface area (Å²) in [6, 6.07) is 22.7. The second-order valence-electron chi connectivity index (χ2n) is 8.45. The lowest BCUT2D eigenvalue weighted by molar-refractivity contribution is 0.413. The van der Waals surface area contributed by atoms with Crippen molar-refractivity contribution in [2.75, 3.05) is 43.1 Å². The predicted octanol–water partition coefficient (Wildman–Crippen LogP) is 4.71. The van der Waals surface area contributed by atoms with Gasteiger partial charge in [-0.15, -0.1) is 0 Å². The number of aromatic nitrogens is 1. The minimum Gasteiger partial charge on any atom is -0.495 e. The van der Waals surface area contributed by atoms with Crippen molar-refractivity contribution in [1.82, 2.24) is 4.98 Å². The minimum atomic E-state index is -3.74. The molecule has 1 aliphatic heterocycles. The van der Waals surface area contributed by atoms with Crippen LogP contribution in [0.2, 0.25) is 0 Å². The Balaban J connectivity index is 1.55. The standard InChI is InChI=1S/C27H27N3O3S/c1-20-11-13-21(14-12-20)34(31,32)26-19-28-23-8-4-3-7-22(23)27(26)30-17-15-29(16-18-30)24-9-5-6-10-25(24)33-2/h3-14,19H,15-18H2,1-2H3. The highest BCUT2D eigenvalue weighted by atomic mass is 32.2. The molecule has 174 valence electrons.